The van der Waals surface area contributed by atoms with Crippen molar-refractivity contribution < 1.29 is 23.4 Å². The lowest BCUT2D eigenvalue weighted by atomic mass is 10.3. The van der Waals surface area contributed by atoms with Gasteiger partial charge in [0.1, 0.15) is 5.75 Å². The van der Waals surface area contributed by atoms with E-state index in [1.807, 2.05) is 0 Å². The average Bonchev–Trinajstić information content (AvgIpc) is 2.71. The summed E-state index contributed by atoms with van der Waals surface area (Å²) in [5.41, 5.74) is 1.02. The fraction of sp³-hybridized carbons (Fsp3) is 0.167. The number of halogens is 2. The van der Waals surface area contributed by atoms with Crippen molar-refractivity contribution >= 4 is 5.97 Å². The van der Waals surface area contributed by atoms with Crippen molar-refractivity contribution in [2.45, 2.75) is 13.5 Å². The van der Waals surface area contributed by atoms with Crippen LogP contribution >= 0.6 is 0 Å². The van der Waals surface area contributed by atoms with Crippen LogP contribution in [0.3, 0.4) is 0 Å². The third-order valence-corrected chi connectivity index (χ3v) is 2.43. The zero-order valence-electron chi connectivity index (χ0n) is 9.88. The second kappa shape index (κ2) is 5.05. The molecule has 0 aliphatic rings. The number of rotatable bonds is 4. The second-order valence-corrected chi connectivity index (χ2v) is 3.78. The van der Waals surface area contributed by atoms with Gasteiger partial charge in [0.15, 0.2) is 5.69 Å². The van der Waals surface area contributed by atoms with Gasteiger partial charge >= 0.3 is 12.6 Å². The molecule has 1 heterocycles. The minimum Gasteiger partial charge on any atom is -0.476 e. The summed E-state index contributed by atoms with van der Waals surface area (Å²) >= 11 is 0. The molecule has 1 aromatic heterocycles. The fourth-order valence-electron chi connectivity index (χ4n) is 1.58. The van der Waals surface area contributed by atoms with E-state index >= 15 is 0 Å². The van der Waals surface area contributed by atoms with E-state index < -0.39 is 12.6 Å². The number of aromatic carboxylic acids is 1. The molecule has 0 atom stereocenters. The number of carboxylic acids is 1. The summed E-state index contributed by atoms with van der Waals surface area (Å²) < 4.78 is 29.5. The summed E-state index contributed by atoms with van der Waals surface area (Å²) in [4.78, 5) is 10.9. The highest BCUT2D eigenvalue weighted by atomic mass is 19.3. The lowest BCUT2D eigenvalue weighted by Crippen LogP contribution is -2.03. The molecule has 0 spiro atoms. The van der Waals surface area contributed by atoms with E-state index in [9.17, 15) is 13.6 Å². The minimum absolute atomic E-state index is 0.0288. The third kappa shape index (κ3) is 2.87. The second-order valence-electron chi connectivity index (χ2n) is 3.78. The first-order valence-electron chi connectivity index (χ1n) is 5.32. The average molecular weight is 268 g/mol. The van der Waals surface area contributed by atoms with Gasteiger partial charge in [-0.2, -0.15) is 13.9 Å². The van der Waals surface area contributed by atoms with Crippen molar-refractivity contribution in [1.82, 2.24) is 9.78 Å². The normalized spacial score (nSPS) is 10.7. The number of aryl methyl sites for hydroxylation is 1. The molecule has 1 aromatic carbocycles. The number of alkyl halides is 2. The summed E-state index contributed by atoms with van der Waals surface area (Å²) in [5, 5.41) is 12.8. The molecule has 2 aromatic rings. The zero-order valence-corrected chi connectivity index (χ0v) is 9.88. The number of nitrogens with zero attached hydrogens (tertiary/aromatic N) is 2. The van der Waals surface area contributed by atoms with Gasteiger partial charge in [-0.25, -0.2) is 9.48 Å². The maximum Gasteiger partial charge on any atom is 0.387 e. The van der Waals surface area contributed by atoms with Crippen molar-refractivity contribution in [3.8, 4) is 11.4 Å². The first-order chi connectivity index (χ1) is 8.97. The van der Waals surface area contributed by atoms with Crippen LogP contribution < -0.4 is 4.74 Å². The molecule has 0 saturated carbocycles. The molecule has 1 N–H and O–H groups in total. The summed E-state index contributed by atoms with van der Waals surface area (Å²) in [7, 11) is 0. The molecular formula is C12H10F2N2O3. The quantitative estimate of drug-likeness (QED) is 0.925. The Morgan fingerprint density at radius 2 is 2.00 bits per heavy atom. The molecule has 5 nitrogen and oxygen atoms in total. The molecule has 0 aliphatic heterocycles. The van der Waals surface area contributed by atoms with Crippen LogP contribution in [0.4, 0.5) is 8.78 Å². The number of hydrogen-bond donors (Lipinski definition) is 1. The van der Waals surface area contributed by atoms with Crippen molar-refractivity contribution in [3.63, 3.8) is 0 Å². The monoisotopic (exact) mass is 268 g/mol. The number of aromatic nitrogens is 2. The molecule has 0 aliphatic carbocycles. The predicted octanol–water partition coefficient (Wildman–Crippen LogP) is 2.48. The Labute approximate surface area is 107 Å². The van der Waals surface area contributed by atoms with Crippen LogP contribution in [0.15, 0.2) is 30.5 Å². The van der Waals surface area contributed by atoms with E-state index in [1.54, 1.807) is 13.1 Å². The predicted molar refractivity (Wildman–Crippen MR) is 61.9 cm³/mol. The molecular weight excluding hydrogens is 258 g/mol. The summed E-state index contributed by atoms with van der Waals surface area (Å²) in [5.74, 6) is -1.09. The standard InChI is InChI=1S/C12H10F2N2O3/c1-7-6-16(15-10(7)11(17)18)8-2-4-9(5-3-8)19-12(13)14/h2-6,12H,1H3,(H,17,18). The molecule has 0 amide bonds. The van der Waals surface area contributed by atoms with Crippen molar-refractivity contribution in [3.05, 3.63) is 41.7 Å². The Balaban J connectivity index is 2.27. The van der Waals surface area contributed by atoms with E-state index in [2.05, 4.69) is 9.84 Å². The highest BCUT2D eigenvalue weighted by molar-refractivity contribution is 5.86. The van der Waals surface area contributed by atoms with E-state index in [0.717, 1.165) is 0 Å². The number of hydrogen-bond acceptors (Lipinski definition) is 3. The zero-order chi connectivity index (χ0) is 14.0. The molecule has 0 fully saturated rings. The van der Waals surface area contributed by atoms with E-state index in [-0.39, 0.29) is 11.4 Å². The van der Waals surface area contributed by atoms with Crippen LogP contribution in [0.5, 0.6) is 5.75 Å². The number of carbonyl (C=O) groups is 1. The molecule has 2 rings (SSSR count). The minimum atomic E-state index is -2.88. The van der Waals surface area contributed by atoms with Gasteiger partial charge < -0.3 is 9.84 Å². The highest BCUT2D eigenvalue weighted by Crippen LogP contribution is 2.18. The maximum absolute atomic E-state index is 12.0. The molecule has 19 heavy (non-hydrogen) atoms. The van der Waals surface area contributed by atoms with Crippen molar-refractivity contribution in [1.29, 1.82) is 0 Å². The van der Waals surface area contributed by atoms with E-state index in [1.165, 1.54) is 28.9 Å². The van der Waals surface area contributed by atoms with Crippen molar-refractivity contribution in [2.24, 2.45) is 0 Å². The number of carboxylic acid groups (broad SMARTS) is 1. The van der Waals surface area contributed by atoms with Gasteiger partial charge in [-0.05, 0) is 31.2 Å². The Hall–Kier alpha value is -2.44. The van der Waals surface area contributed by atoms with Crippen LogP contribution in [0.25, 0.3) is 5.69 Å². The fourth-order valence-corrected chi connectivity index (χ4v) is 1.58. The third-order valence-electron chi connectivity index (χ3n) is 2.43. The summed E-state index contributed by atoms with van der Waals surface area (Å²) in [6.45, 7) is -1.25. The Morgan fingerprint density at radius 3 is 2.47 bits per heavy atom. The first kappa shape index (κ1) is 13.0. The van der Waals surface area contributed by atoms with Gasteiger partial charge in [0, 0.05) is 11.8 Å². The number of ether oxygens (including phenoxy) is 1. The summed E-state index contributed by atoms with van der Waals surface area (Å²) in [6, 6.07) is 5.74. The molecule has 100 valence electrons. The van der Waals surface area contributed by atoms with Crippen LogP contribution in [-0.4, -0.2) is 27.5 Å². The van der Waals surface area contributed by atoms with Crippen LogP contribution in [-0.2, 0) is 0 Å². The molecule has 7 heteroatoms. The van der Waals surface area contributed by atoms with Crippen LogP contribution in [0.2, 0.25) is 0 Å². The van der Waals surface area contributed by atoms with E-state index in [0.29, 0.717) is 11.3 Å². The van der Waals surface area contributed by atoms with Gasteiger partial charge in [0.05, 0.1) is 5.69 Å². The van der Waals surface area contributed by atoms with E-state index in [4.69, 9.17) is 5.11 Å². The van der Waals surface area contributed by atoms with Gasteiger partial charge in [-0.1, -0.05) is 0 Å². The van der Waals surface area contributed by atoms with Gasteiger partial charge in [-0.3, -0.25) is 0 Å². The maximum atomic E-state index is 12.0. The Kier molecular flexibility index (Phi) is 3.46. The van der Waals surface area contributed by atoms with Crippen LogP contribution in [0, 0.1) is 6.92 Å². The Bertz CT molecular complexity index is 594. The van der Waals surface area contributed by atoms with Gasteiger partial charge in [-0.15, -0.1) is 0 Å². The molecule has 0 saturated heterocycles. The molecule has 0 radical (unpaired) electrons. The SMILES string of the molecule is Cc1cn(-c2ccc(OC(F)F)cc2)nc1C(=O)O. The van der Waals surface area contributed by atoms with Crippen LogP contribution in [0.1, 0.15) is 16.1 Å². The van der Waals surface area contributed by atoms with Gasteiger partial charge in [0.25, 0.3) is 0 Å². The smallest absolute Gasteiger partial charge is 0.387 e. The largest absolute Gasteiger partial charge is 0.476 e. The Morgan fingerprint density at radius 1 is 1.37 bits per heavy atom. The lowest BCUT2D eigenvalue weighted by Gasteiger charge is -2.05. The molecule has 0 unspecified atom stereocenters. The first-order valence-corrected chi connectivity index (χ1v) is 5.32. The topological polar surface area (TPSA) is 64.4 Å². The summed E-state index contributed by atoms with van der Waals surface area (Å²) in [6.07, 6.45) is 1.55. The highest BCUT2D eigenvalue weighted by Gasteiger charge is 2.13. The van der Waals surface area contributed by atoms with Crippen molar-refractivity contribution in [2.75, 3.05) is 0 Å². The lowest BCUT2D eigenvalue weighted by molar-refractivity contribution is -0.0498. The number of benzene rings is 1. The van der Waals surface area contributed by atoms with Gasteiger partial charge in [0.2, 0.25) is 0 Å². The molecule has 0 bridgehead atoms.